The summed E-state index contributed by atoms with van der Waals surface area (Å²) in [4.78, 5) is 27.8. The molecule has 3 rings (SSSR count). The maximum absolute atomic E-state index is 13.4. The maximum atomic E-state index is 13.4. The molecule has 0 bridgehead atoms. The third-order valence-electron chi connectivity index (χ3n) is 5.62. The Hall–Kier alpha value is -2.56. The van der Waals surface area contributed by atoms with E-state index < -0.39 is 6.04 Å². The lowest BCUT2D eigenvalue weighted by atomic mass is 10.00. The minimum Gasteiger partial charge on any atom is -0.355 e. The van der Waals surface area contributed by atoms with Crippen LogP contribution in [0.5, 0.6) is 0 Å². The molecular weight excluding hydrogens is 443 g/mol. The zero-order valence-corrected chi connectivity index (χ0v) is 19.9. The van der Waals surface area contributed by atoms with Crippen molar-refractivity contribution in [3.63, 3.8) is 0 Å². The van der Waals surface area contributed by atoms with Crippen LogP contribution in [0, 0.1) is 0 Å². The Morgan fingerprint density at radius 2 is 1.59 bits per heavy atom. The van der Waals surface area contributed by atoms with Crippen LogP contribution in [0.2, 0.25) is 10.0 Å². The van der Waals surface area contributed by atoms with Gasteiger partial charge in [0.25, 0.3) is 0 Å². The number of carbonyl (C=O) groups is 2. The molecule has 0 aliphatic heterocycles. The van der Waals surface area contributed by atoms with Crippen molar-refractivity contribution in [2.45, 2.75) is 45.7 Å². The molecule has 0 saturated heterocycles. The average Bonchev–Trinajstić information content (AvgIpc) is 2.79. The van der Waals surface area contributed by atoms with Crippen molar-refractivity contribution < 1.29 is 9.59 Å². The maximum Gasteiger partial charge on any atom is 0.242 e. The van der Waals surface area contributed by atoms with E-state index in [-0.39, 0.29) is 24.8 Å². The molecular formula is C26H28Cl2N2O2. The average molecular weight is 471 g/mol. The number of likely N-dealkylation sites (N-methyl/N-ethyl adjacent to an activating group) is 1. The number of amides is 2. The van der Waals surface area contributed by atoms with Crippen LogP contribution in [-0.2, 0) is 22.6 Å². The summed E-state index contributed by atoms with van der Waals surface area (Å²) in [6, 6.07) is 18.9. The van der Waals surface area contributed by atoms with E-state index in [1.165, 1.54) is 0 Å². The van der Waals surface area contributed by atoms with Gasteiger partial charge in [0, 0.05) is 35.1 Å². The molecule has 0 aliphatic rings. The van der Waals surface area contributed by atoms with Crippen LogP contribution >= 0.6 is 23.2 Å². The first-order valence-corrected chi connectivity index (χ1v) is 11.7. The highest BCUT2D eigenvalue weighted by molar-refractivity contribution is 6.36. The summed E-state index contributed by atoms with van der Waals surface area (Å²) >= 11 is 12.8. The second kappa shape index (κ2) is 11.3. The van der Waals surface area contributed by atoms with E-state index in [1.807, 2.05) is 38.1 Å². The molecule has 1 atom stereocenters. The third-order valence-corrected chi connectivity index (χ3v) is 6.32. The van der Waals surface area contributed by atoms with Crippen LogP contribution in [0.3, 0.4) is 0 Å². The van der Waals surface area contributed by atoms with E-state index in [0.717, 1.165) is 16.3 Å². The Balaban J connectivity index is 1.87. The molecule has 0 spiro atoms. The molecule has 0 saturated carbocycles. The Kier molecular flexibility index (Phi) is 8.54. The van der Waals surface area contributed by atoms with Crippen molar-refractivity contribution >= 4 is 45.8 Å². The Morgan fingerprint density at radius 3 is 2.28 bits per heavy atom. The number of nitrogens with one attached hydrogen (secondary N) is 1. The summed E-state index contributed by atoms with van der Waals surface area (Å²) in [7, 11) is 0. The molecule has 0 aromatic heterocycles. The van der Waals surface area contributed by atoms with E-state index in [0.29, 0.717) is 35.0 Å². The van der Waals surface area contributed by atoms with Gasteiger partial charge in [-0.05, 0) is 48.2 Å². The minimum atomic E-state index is -0.595. The van der Waals surface area contributed by atoms with Crippen LogP contribution < -0.4 is 5.32 Å². The summed E-state index contributed by atoms with van der Waals surface area (Å²) in [6.45, 7) is 4.45. The number of benzene rings is 3. The largest absolute Gasteiger partial charge is 0.355 e. The number of nitrogens with zero attached hydrogens (tertiary/aromatic N) is 1. The molecule has 32 heavy (non-hydrogen) atoms. The molecule has 3 aromatic rings. The lowest BCUT2D eigenvalue weighted by Crippen LogP contribution is -2.49. The van der Waals surface area contributed by atoms with Crippen molar-refractivity contribution in [3.05, 3.63) is 81.8 Å². The van der Waals surface area contributed by atoms with Crippen molar-refractivity contribution in [3.8, 4) is 0 Å². The highest BCUT2D eigenvalue weighted by Crippen LogP contribution is 2.28. The molecule has 0 aliphatic carbocycles. The molecule has 0 fully saturated rings. The summed E-state index contributed by atoms with van der Waals surface area (Å²) in [5, 5.41) is 6.09. The monoisotopic (exact) mass is 470 g/mol. The van der Waals surface area contributed by atoms with E-state index in [9.17, 15) is 9.59 Å². The van der Waals surface area contributed by atoms with Crippen LogP contribution in [0.4, 0.5) is 0 Å². The zero-order chi connectivity index (χ0) is 23.1. The minimum absolute atomic E-state index is 0.105. The fourth-order valence-electron chi connectivity index (χ4n) is 3.96. The first kappa shape index (κ1) is 24.1. The Morgan fingerprint density at radius 1 is 0.938 bits per heavy atom. The van der Waals surface area contributed by atoms with Gasteiger partial charge in [0.2, 0.25) is 11.8 Å². The zero-order valence-electron chi connectivity index (χ0n) is 18.4. The summed E-state index contributed by atoms with van der Waals surface area (Å²) < 4.78 is 0. The molecule has 4 nitrogen and oxygen atoms in total. The summed E-state index contributed by atoms with van der Waals surface area (Å²) in [6.07, 6.45) is 1.36. The molecule has 1 N–H and O–H groups in total. The van der Waals surface area contributed by atoms with Gasteiger partial charge >= 0.3 is 0 Å². The molecule has 6 heteroatoms. The summed E-state index contributed by atoms with van der Waals surface area (Å²) in [5.74, 6) is -0.274. The Labute approximate surface area is 199 Å². The molecule has 0 unspecified atom stereocenters. The van der Waals surface area contributed by atoms with Crippen molar-refractivity contribution in [1.82, 2.24) is 10.2 Å². The second-order valence-electron chi connectivity index (χ2n) is 7.68. The predicted octanol–water partition coefficient (Wildman–Crippen LogP) is 6.02. The lowest BCUT2D eigenvalue weighted by Gasteiger charge is -2.31. The number of fused-ring (bicyclic) bond motifs is 1. The Bertz CT molecular complexity index is 1070. The highest BCUT2D eigenvalue weighted by Gasteiger charge is 2.29. The molecule has 3 aromatic carbocycles. The first-order valence-electron chi connectivity index (χ1n) is 10.9. The number of hydrogen-bond donors (Lipinski definition) is 1. The fourth-order valence-corrected chi connectivity index (χ4v) is 4.48. The lowest BCUT2D eigenvalue weighted by molar-refractivity contribution is -0.141. The van der Waals surface area contributed by atoms with Crippen LogP contribution in [0.15, 0.2) is 60.7 Å². The van der Waals surface area contributed by atoms with Gasteiger partial charge in [-0.2, -0.15) is 0 Å². The van der Waals surface area contributed by atoms with Gasteiger partial charge < -0.3 is 10.2 Å². The third kappa shape index (κ3) is 5.62. The van der Waals surface area contributed by atoms with Crippen LogP contribution in [-0.4, -0.2) is 29.3 Å². The van der Waals surface area contributed by atoms with Crippen molar-refractivity contribution in [1.29, 1.82) is 0 Å². The summed E-state index contributed by atoms with van der Waals surface area (Å²) in [5.41, 5.74) is 1.76. The van der Waals surface area contributed by atoms with Gasteiger partial charge in [-0.1, -0.05) is 78.7 Å². The smallest absolute Gasteiger partial charge is 0.242 e. The number of carbonyl (C=O) groups excluding carboxylic acids is 2. The topological polar surface area (TPSA) is 49.4 Å². The number of halogens is 2. The second-order valence-corrected chi connectivity index (χ2v) is 8.49. The molecule has 0 radical (unpaired) electrons. The standard InChI is InChI=1S/C26H28Cl2N2O2/c1-3-24(26(32)29-4-2)30(17-21-22(27)13-8-14-23(21)28)25(31)16-15-19-11-7-10-18-9-5-6-12-20(18)19/h5-14,24H,3-4,15-17H2,1-2H3,(H,29,32)/t24-/m1/s1. The van der Waals surface area contributed by atoms with Gasteiger partial charge in [0.15, 0.2) is 0 Å². The van der Waals surface area contributed by atoms with Gasteiger partial charge in [-0.3, -0.25) is 9.59 Å². The number of hydrogen-bond acceptors (Lipinski definition) is 2. The van der Waals surface area contributed by atoms with E-state index >= 15 is 0 Å². The van der Waals surface area contributed by atoms with E-state index in [2.05, 4.69) is 23.5 Å². The molecule has 168 valence electrons. The normalized spacial score (nSPS) is 11.9. The van der Waals surface area contributed by atoms with Crippen molar-refractivity contribution in [2.75, 3.05) is 6.54 Å². The molecule has 0 heterocycles. The molecule has 2 amide bonds. The van der Waals surface area contributed by atoms with Crippen LogP contribution in [0.25, 0.3) is 10.8 Å². The fraction of sp³-hybridized carbons (Fsp3) is 0.308. The van der Waals surface area contributed by atoms with Crippen LogP contribution in [0.1, 0.15) is 37.8 Å². The predicted molar refractivity (Wildman–Crippen MR) is 132 cm³/mol. The first-order chi connectivity index (χ1) is 15.5. The van der Waals surface area contributed by atoms with E-state index in [1.54, 1.807) is 23.1 Å². The van der Waals surface area contributed by atoms with Gasteiger partial charge in [0.05, 0.1) is 0 Å². The number of aryl methyl sites for hydroxylation is 1. The van der Waals surface area contributed by atoms with Gasteiger partial charge in [-0.25, -0.2) is 0 Å². The van der Waals surface area contributed by atoms with Gasteiger partial charge in [-0.15, -0.1) is 0 Å². The van der Waals surface area contributed by atoms with Gasteiger partial charge in [0.1, 0.15) is 6.04 Å². The number of rotatable bonds is 9. The van der Waals surface area contributed by atoms with Crippen molar-refractivity contribution in [2.24, 2.45) is 0 Å². The SMILES string of the molecule is CCNC(=O)[C@@H](CC)N(Cc1c(Cl)cccc1Cl)C(=O)CCc1cccc2ccccc12. The van der Waals surface area contributed by atoms with E-state index in [4.69, 9.17) is 23.2 Å². The highest BCUT2D eigenvalue weighted by atomic mass is 35.5. The quantitative estimate of drug-likeness (QED) is 0.415.